The molecule has 1 N–H and O–H groups in total. The fourth-order valence-electron chi connectivity index (χ4n) is 2.85. The van der Waals surface area contributed by atoms with Gasteiger partial charge >= 0.3 is 0 Å². The lowest BCUT2D eigenvalue weighted by Gasteiger charge is -2.03. The summed E-state index contributed by atoms with van der Waals surface area (Å²) in [4.78, 5) is 27.0. The zero-order chi connectivity index (χ0) is 21.1. The smallest absolute Gasteiger partial charge is 0.270 e. The van der Waals surface area contributed by atoms with Gasteiger partial charge in [-0.3, -0.25) is 14.9 Å². The Morgan fingerprint density at radius 1 is 1.10 bits per heavy atom. The van der Waals surface area contributed by atoms with Crippen LogP contribution in [0.15, 0.2) is 77.2 Å². The maximum Gasteiger partial charge on any atom is 0.270 e. The largest absolute Gasteiger partial charge is 0.436 e. The number of carbonyl (C=O) groups excluding carboxylic acids is 1. The number of halogens is 1. The number of hydrogen-bond donors (Lipinski definition) is 1. The molecule has 148 valence electrons. The molecule has 0 fully saturated rings. The Bertz CT molecular complexity index is 1300. The van der Waals surface area contributed by atoms with E-state index in [1.165, 1.54) is 24.3 Å². The molecule has 0 spiro atoms. The molecule has 8 heteroatoms. The molecular weight excluding hydrogens is 406 g/mol. The highest BCUT2D eigenvalue weighted by molar-refractivity contribution is 6.31. The number of nitrogens with one attached hydrogen (secondary N) is 1. The number of aromatic nitrogens is 1. The predicted molar refractivity (Wildman–Crippen MR) is 115 cm³/mol. The highest BCUT2D eigenvalue weighted by Crippen LogP contribution is 2.27. The molecule has 1 heterocycles. The highest BCUT2D eigenvalue weighted by Gasteiger charge is 2.10. The van der Waals surface area contributed by atoms with E-state index in [1.807, 2.05) is 6.07 Å². The first-order valence-electron chi connectivity index (χ1n) is 8.88. The SMILES string of the molecule is O=C(C=Cc1cccc([N+](=O)[O-])c1)Nc1cccc(-c2nc3cc(Cl)ccc3o2)c1. The molecule has 0 aliphatic rings. The summed E-state index contributed by atoms with van der Waals surface area (Å²) in [6, 6.07) is 18.3. The van der Waals surface area contributed by atoms with Gasteiger partial charge in [-0.25, -0.2) is 4.98 Å². The van der Waals surface area contributed by atoms with Crippen molar-refractivity contribution in [3.8, 4) is 11.5 Å². The molecule has 0 saturated carbocycles. The van der Waals surface area contributed by atoms with Crippen LogP contribution in [0.3, 0.4) is 0 Å². The first-order valence-corrected chi connectivity index (χ1v) is 9.26. The number of nitrogens with zero attached hydrogens (tertiary/aromatic N) is 2. The molecular formula is C22H14ClN3O4. The number of nitro groups is 1. The van der Waals surface area contributed by atoms with Crippen molar-refractivity contribution < 1.29 is 14.1 Å². The Morgan fingerprint density at radius 2 is 1.93 bits per heavy atom. The first kappa shape index (κ1) is 19.4. The minimum absolute atomic E-state index is 0.0371. The zero-order valence-electron chi connectivity index (χ0n) is 15.4. The Hall–Kier alpha value is -3.97. The summed E-state index contributed by atoms with van der Waals surface area (Å²) in [6.07, 6.45) is 2.82. The highest BCUT2D eigenvalue weighted by atomic mass is 35.5. The van der Waals surface area contributed by atoms with E-state index in [9.17, 15) is 14.9 Å². The molecule has 0 saturated heterocycles. The lowest BCUT2D eigenvalue weighted by Crippen LogP contribution is -2.07. The molecule has 0 unspecified atom stereocenters. The number of rotatable bonds is 5. The third-order valence-corrected chi connectivity index (χ3v) is 4.47. The van der Waals surface area contributed by atoms with Crippen LogP contribution in [-0.4, -0.2) is 15.8 Å². The minimum Gasteiger partial charge on any atom is -0.436 e. The number of nitro benzene ring substituents is 1. The van der Waals surface area contributed by atoms with Crippen LogP contribution >= 0.6 is 11.6 Å². The van der Waals surface area contributed by atoms with Crippen molar-refractivity contribution in [2.24, 2.45) is 0 Å². The van der Waals surface area contributed by atoms with E-state index in [1.54, 1.807) is 48.5 Å². The van der Waals surface area contributed by atoms with Gasteiger partial charge in [0.25, 0.3) is 5.69 Å². The number of anilines is 1. The van der Waals surface area contributed by atoms with Gasteiger partial charge in [0.05, 0.1) is 4.92 Å². The van der Waals surface area contributed by atoms with Crippen LogP contribution in [0.5, 0.6) is 0 Å². The molecule has 0 atom stereocenters. The van der Waals surface area contributed by atoms with E-state index in [2.05, 4.69) is 10.3 Å². The van der Waals surface area contributed by atoms with E-state index >= 15 is 0 Å². The molecule has 4 rings (SSSR count). The quantitative estimate of drug-likeness (QED) is 0.254. The first-order chi connectivity index (χ1) is 14.5. The van der Waals surface area contributed by atoms with Crippen molar-refractivity contribution in [2.45, 2.75) is 0 Å². The van der Waals surface area contributed by atoms with Crippen LogP contribution in [0.2, 0.25) is 5.02 Å². The number of fused-ring (bicyclic) bond motifs is 1. The summed E-state index contributed by atoms with van der Waals surface area (Å²) in [5, 5.41) is 14.2. The maximum absolute atomic E-state index is 12.2. The summed E-state index contributed by atoms with van der Waals surface area (Å²) in [5.41, 5.74) is 3.03. The predicted octanol–water partition coefficient (Wildman–Crippen LogP) is 5.71. The fourth-order valence-corrected chi connectivity index (χ4v) is 3.02. The average molecular weight is 420 g/mol. The summed E-state index contributed by atoms with van der Waals surface area (Å²) in [7, 11) is 0. The zero-order valence-corrected chi connectivity index (χ0v) is 16.2. The monoisotopic (exact) mass is 419 g/mol. The maximum atomic E-state index is 12.2. The third-order valence-electron chi connectivity index (χ3n) is 4.23. The average Bonchev–Trinajstić information content (AvgIpc) is 3.16. The van der Waals surface area contributed by atoms with Crippen molar-refractivity contribution in [3.63, 3.8) is 0 Å². The Morgan fingerprint density at radius 3 is 2.77 bits per heavy atom. The summed E-state index contributed by atoms with van der Waals surface area (Å²) >= 11 is 5.99. The van der Waals surface area contributed by atoms with Crippen molar-refractivity contribution in [1.82, 2.24) is 4.98 Å². The number of benzene rings is 3. The fraction of sp³-hybridized carbons (Fsp3) is 0. The van der Waals surface area contributed by atoms with Gasteiger partial charge in [0.2, 0.25) is 11.8 Å². The van der Waals surface area contributed by atoms with Crippen molar-refractivity contribution in [3.05, 3.63) is 93.5 Å². The molecule has 1 amide bonds. The van der Waals surface area contributed by atoms with Gasteiger partial charge in [-0.05, 0) is 48.0 Å². The van der Waals surface area contributed by atoms with Crippen LogP contribution in [0, 0.1) is 10.1 Å². The molecule has 4 aromatic rings. The molecule has 30 heavy (non-hydrogen) atoms. The lowest BCUT2D eigenvalue weighted by molar-refractivity contribution is -0.384. The molecule has 3 aromatic carbocycles. The molecule has 0 aliphatic carbocycles. The van der Waals surface area contributed by atoms with Gasteiger partial charge in [0.15, 0.2) is 5.58 Å². The van der Waals surface area contributed by atoms with Crippen LogP contribution in [0.4, 0.5) is 11.4 Å². The number of carbonyl (C=O) groups is 1. The summed E-state index contributed by atoms with van der Waals surface area (Å²) in [5.74, 6) is 0.0403. The normalized spacial score (nSPS) is 11.1. The van der Waals surface area contributed by atoms with E-state index in [4.69, 9.17) is 16.0 Å². The number of hydrogen-bond acceptors (Lipinski definition) is 5. The molecule has 0 aliphatic heterocycles. The number of amides is 1. The van der Waals surface area contributed by atoms with Crippen LogP contribution in [0.25, 0.3) is 28.6 Å². The van der Waals surface area contributed by atoms with E-state index in [0.29, 0.717) is 38.8 Å². The second kappa shape index (κ2) is 8.18. The lowest BCUT2D eigenvalue weighted by atomic mass is 10.2. The third kappa shape index (κ3) is 4.37. The molecule has 0 bridgehead atoms. The van der Waals surface area contributed by atoms with Crippen LogP contribution < -0.4 is 5.32 Å². The van der Waals surface area contributed by atoms with E-state index < -0.39 is 4.92 Å². The van der Waals surface area contributed by atoms with E-state index in [0.717, 1.165) is 0 Å². The molecule has 1 aromatic heterocycles. The van der Waals surface area contributed by atoms with Crippen molar-refractivity contribution in [1.29, 1.82) is 0 Å². The van der Waals surface area contributed by atoms with Crippen molar-refractivity contribution >= 4 is 46.1 Å². The standard InChI is InChI=1S/C22H14ClN3O4/c23-16-8-9-20-19(13-16)25-22(30-20)15-4-2-5-17(12-15)24-21(27)10-7-14-3-1-6-18(11-14)26(28)29/h1-13H,(H,24,27). The van der Waals surface area contributed by atoms with Gasteiger partial charge < -0.3 is 9.73 Å². The van der Waals surface area contributed by atoms with Crippen molar-refractivity contribution in [2.75, 3.05) is 5.32 Å². The number of oxazole rings is 1. The van der Waals surface area contributed by atoms with Gasteiger partial charge in [0, 0.05) is 34.5 Å². The van der Waals surface area contributed by atoms with E-state index in [-0.39, 0.29) is 11.6 Å². The topological polar surface area (TPSA) is 98.3 Å². The van der Waals surface area contributed by atoms with Crippen LogP contribution in [0.1, 0.15) is 5.56 Å². The molecule has 0 radical (unpaired) electrons. The van der Waals surface area contributed by atoms with Gasteiger partial charge in [-0.15, -0.1) is 0 Å². The second-order valence-electron chi connectivity index (χ2n) is 6.39. The Kier molecular flexibility index (Phi) is 5.28. The Balaban J connectivity index is 1.50. The summed E-state index contributed by atoms with van der Waals surface area (Å²) < 4.78 is 5.75. The van der Waals surface area contributed by atoms with Gasteiger partial charge in [-0.2, -0.15) is 0 Å². The van der Waals surface area contributed by atoms with Gasteiger partial charge in [-0.1, -0.05) is 29.8 Å². The minimum atomic E-state index is -0.483. The second-order valence-corrected chi connectivity index (χ2v) is 6.82. The molecule has 7 nitrogen and oxygen atoms in total. The summed E-state index contributed by atoms with van der Waals surface area (Å²) in [6.45, 7) is 0. The van der Waals surface area contributed by atoms with Crippen LogP contribution in [-0.2, 0) is 4.79 Å². The van der Waals surface area contributed by atoms with Gasteiger partial charge in [0.1, 0.15) is 5.52 Å². The number of non-ortho nitro benzene ring substituents is 1. The Labute approximate surface area is 175 Å².